The lowest BCUT2D eigenvalue weighted by molar-refractivity contribution is -0.137. The molecule has 0 bridgehead atoms. The van der Waals surface area contributed by atoms with Gasteiger partial charge in [-0.1, -0.05) is 6.07 Å². The summed E-state index contributed by atoms with van der Waals surface area (Å²) in [6.45, 7) is 7.00. The maximum absolute atomic E-state index is 14.0. The number of halogens is 3. The van der Waals surface area contributed by atoms with E-state index in [1.807, 2.05) is 17.0 Å². The van der Waals surface area contributed by atoms with E-state index in [0.717, 1.165) is 49.8 Å². The minimum Gasteiger partial charge on any atom is -0.381 e. The van der Waals surface area contributed by atoms with E-state index in [0.29, 0.717) is 89.0 Å². The molecule has 5 aliphatic rings. The Kier molecular flexibility index (Phi) is 17.3. The number of fused-ring (bicyclic) bond motifs is 1. The van der Waals surface area contributed by atoms with E-state index in [1.165, 1.54) is 12.4 Å². The fraction of sp³-hybridized carbons (Fsp3) is 0.654. The van der Waals surface area contributed by atoms with E-state index < -0.39 is 23.7 Å². The highest BCUT2D eigenvalue weighted by Gasteiger charge is 2.46. The lowest BCUT2D eigenvalue weighted by Crippen LogP contribution is -2.60. The molecule has 2 saturated heterocycles. The number of amides is 5. The van der Waals surface area contributed by atoms with Gasteiger partial charge in [-0.2, -0.15) is 13.2 Å². The van der Waals surface area contributed by atoms with Crippen LogP contribution in [0.5, 0.6) is 0 Å². The number of alkyl halides is 3. The summed E-state index contributed by atoms with van der Waals surface area (Å²) in [7, 11) is 3.80. The lowest BCUT2D eigenvalue weighted by atomic mass is 9.78. The van der Waals surface area contributed by atoms with E-state index in [-0.39, 0.29) is 95.8 Å². The fourth-order valence-corrected chi connectivity index (χ4v) is 11.4. The van der Waals surface area contributed by atoms with Crippen molar-refractivity contribution < 1.29 is 46.6 Å². The monoisotopic (exact) mass is 1000 g/mol. The van der Waals surface area contributed by atoms with Gasteiger partial charge in [0.15, 0.2) is 0 Å². The number of pyridine rings is 1. The molecule has 20 heteroatoms. The number of nitrogens with zero attached hydrogens (tertiary/aromatic N) is 6. The van der Waals surface area contributed by atoms with Crippen LogP contribution in [0, 0.1) is 23.7 Å². The summed E-state index contributed by atoms with van der Waals surface area (Å²) in [5.41, 5.74) is 0.350. The molecule has 5 fully saturated rings. The van der Waals surface area contributed by atoms with Crippen LogP contribution in [0.15, 0.2) is 49.1 Å². The normalized spacial score (nSPS) is 27.8. The molecule has 392 valence electrons. The molecule has 4 N–H and O–H groups in total. The van der Waals surface area contributed by atoms with Crippen LogP contribution < -0.4 is 21.3 Å². The number of benzene rings is 1. The van der Waals surface area contributed by atoms with Gasteiger partial charge in [0, 0.05) is 88.0 Å². The second kappa shape index (κ2) is 23.6. The Labute approximate surface area is 419 Å². The molecule has 4 heterocycles. The number of hydrogen-bond acceptors (Lipinski definition) is 12. The van der Waals surface area contributed by atoms with Crippen LogP contribution in [0.3, 0.4) is 0 Å². The molecule has 6 atom stereocenters. The molecule has 2 aliphatic heterocycles. The third-order valence-electron chi connectivity index (χ3n) is 15.9. The average molecular weight is 1010 g/mol. The summed E-state index contributed by atoms with van der Waals surface area (Å²) in [5.74, 6) is -0.310. The summed E-state index contributed by atoms with van der Waals surface area (Å²) in [4.78, 5) is 84.4. The van der Waals surface area contributed by atoms with Gasteiger partial charge in [0.25, 0.3) is 0 Å². The highest BCUT2D eigenvalue weighted by molar-refractivity contribution is 5.93. The first-order valence-corrected chi connectivity index (χ1v) is 25.8. The smallest absolute Gasteiger partial charge is 0.381 e. The first-order chi connectivity index (χ1) is 34.5. The van der Waals surface area contributed by atoms with Crippen molar-refractivity contribution in [2.45, 2.75) is 139 Å². The standard InChI is InChI=1S/C52H71F3N10O7/c1-31(2)63(3)38-12-14-44(65-19-15-42(51(65)70)61-48-39-24-36(52(53,54)55)11-13-41(39)58-30-59-48)43(25-38)62-49(68)35-22-37(23-35)60-45(66)16-20-71-28-32-7-9-33(10-8-32)29-72-21-18-57-50(69)40-26-46(67)64(4)47(40)34-6-5-17-56-27-34/h5-6,11,13,17,24,27,30-33,35,37-38,40,42-44,47H,7-10,12,14-16,18-23,25-26,28-29H2,1-4H3,(H,57,69)(H,60,66)(H,62,68)(H,58,59,61)/t32-,33-,35-,37-,38-,40+,42+,43-,44+,47-/m1/s1. The van der Waals surface area contributed by atoms with Crippen molar-refractivity contribution in [1.82, 2.24) is 45.6 Å². The summed E-state index contributed by atoms with van der Waals surface area (Å²) >= 11 is 0. The second-order valence-corrected chi connectivity index (χ2v) is 20.9. The molecule has 0 unspecified atom stereocenters. The maximum atomic E-state index is 14.0. The van der Waals surface area contributed by atoms with Gasteiger partial charge in [-0.3, -0.25) is 29.0 Å². The predicted octanol–water partition coefficient (Wildman–Crippen LogP) is 5.26. The predicted molar refractivity (Wildman–Crippen MR) is 262 cm³/mol. The molecule has 2 aromatic heterocycles. The Bertz CT molecular complexity index is 2370. The highest BCUT2D eigenvalue weighted by Crippen LogP contribution is 2.38. The summed E-state index contributed by atoms with van der Waals surface area (Å²) in [5, 5.41) is 12.6. The summed E-state index contributed by atoms with van der Waals surface area (Å²) in [6.07, 6.45) is 8.24. The molecule has 3 saturated carbocycles. The van der Waals surface area contributed by atoms with Crippen LogP contribution in [-0.4, -0.2) is 149 Å². The Morgan fingerprint density at radius 2 is 1.64 bits per heavy atom. The van der Waals surface area contributed by atoms with Crippen LogP contribution in [0.2, 0.25) is 0 Å². The molecule has 17 nitrogen and oxygen atoms in total. The Balaban J connectivity index is 0.712. The van der Waals surface area contributed by atoms with Crippen LogP contribution in [-0.2, 0) is 39.6 Å². The van der Waals surface area contributed by atoms with Gasteiger partial charge in [0.05, 0.1) is 48.3 Å². The van der Waals surface area contributed by atoms with Crippen molar-refractivity contribution in [2.24, 2.45) is 23.7 Å². The minimum absolute atomic E-state index is 0.0614. The molecule has 5 amide bonds. The first kappa shape index (κ1) is 52.8. The molecular formula is C52H71F3N10O7. The maximum Gasteiger partial charge on any atom is 0.416 e. The molecule has 3 aliphatic carbocycles. The molecule has 8 rings (SSSR count). The Morgan fingerprint density at radius 3 is 2.33 bits per heavy atom. The molecular weight excluding hydrogens is 934 g/mol. The number of carbonyl (C=O) groups excluding carboxylic acids is 5. The van der Waals surface area contributed by atoms with Gasteiger partial charge in [-0.05, 0) is 127 Å². The third-order valence-corrected chi connectivity index (χ3v) is 15.9. The fourth-order valence-electron chi connectivity index (χ4n) is 11.4. The van der Waals surface area contributed by atoms with E-state index in [4.69, 9.17) is 9.47 Å². The number of anilines is 1. The zero-order valence-corrected chi connectivity index (χ0v) is 41.9. The largest absolute Gasteiger partial charge is 0.416 e. The van der Waals surface area contributed by atoms with Gasteiger partial charge in [-0.25, -0.2) is 9.97 Å². The molecule has 0 spiro atoms. The number of ether oxygens (including phenoxy) is 2. The summed E-state index contributed by atoms with van der Waals surface area (Å²) in [6, 6.07) is 5.76. The minimum atomic E-state index is -4.55. The van der Waals surface area contributed by atoms with Crippen molar-refractivity contribution in [3.8, 4) is 0 Å². The van der Waals surface area contributed by atoms with E-state index in [1.54, 1.807) is 24.3 Å². The lowest BCUT2D eigenvalue weighted by Gasteiger charge is -2.45. The van der Waals surface area contributed by atoms with Crippen molar-refractivity contribution in [1.29, 1.82) is 0 Å². The van der Waals surface area contributed by atoms with Gasteiger partial charge >= 0.3 is 6.18 Å². The van der Waals surface area contributed by atoms with Crippen molar-refractivity contribution in [2.75, 3.05) is 58.9 Å². The summed E-state index contributed by atoms with van der Waals surface area (Å²) < 4.78 is 52.7. The van der Waals surface area contributed by atoms with Crippen LogP contribution in [0.25, 0.3) is 10.9 Å². The number of hydrogen-bond donors (Lipinski definition) is 4. The topological polar surface area (TPSA) is 200 Å². The van der Waals surface area contributed by atoms with Crippen molar-refractivity contribution >= 4 is 46.3 Å². The third kappa shape index (κ3) is 12.8. The number of rotatable bonds is 20. The Morgan fingerprint density at radius 1 is 0.903 bits per heavy atom. The zero-order chi connectivity index (χ0) is 51.1. The second-order valence-electron chi connectivity index (χ2n) is 20.9. The molecule has 3 aromatic rings. The number of aromatic nitrogens is 3. The van der Waals surface area contributed by atoms with Gasteiger partial charge < -0.3 is 45.4 Å². The molecule has 0 radical (unpaired) electrons. The van der Waals surface area contributed by atoms with Crippen LogP contribution in [0.4, 0.5) is 19.0 Å². The van der Waals surface area contributed by atoms with Gasteiger partial charge in [0.1, 0.15) is 18.2 Å². The zero-order valence-electron chi connectivity index (χ0n) is 41.9. The number of nitrogens with one attached hydrogen (secondary N) is 4. The van der Waals surface area contributed by atoms with Gasteiger partial charge in [0.2, 0.25) is 29.5 Å². The van der Waals surface area contributed by atoms with Crippen LogP contribution >= 0.6 is 0 Å². The molecule has 72 heavy (non-hydrogen) atoms. The van der Waals surface area contributed by atoms with Crippen molar-refractivity contribution in [3.05, 3.63) is 60.2 Å². The Hall–Kier alpha value is -5.47. The van der Waals surface area contributed by atoms with Crippen LogP contribution in [0.1, 0.15) is 108 Å². The van der Waals surface area contributed by atoms with E-state index >= 15 is 0 Å². The van der Waals surface area contributed by atoms with E-state index in [2.05, 4.69) is 62.0 Å². The SMILES string of the molecule is CC(C)N(C)[C@@H]1CC[C@H](N2CC[C@H](Nc3ncnc4ccc(C(F)(F)F)cc34)C2=O)[C@H](NC(=O)[C@H]2C[C@H](NC(=O)CCOC[C@H]3CC[C@H](COCCNC(=O)[C@H]4CC(=O)N(C)[C@@H]4c4cccnc4)CC3)C2)C1. The van der Waals surface area contributed by atoms with Crippen molar-refractivity contribution in [3.63, 3.8) is 0 Å². The number of likely N-dealkylation sites (tertiary alicyclic amines) is 2. The quantitative estimate of drug-likeness (QED) is 0.107. The number of carbonyl (C=O) groups is 5. The first-order valence-electron chi connectivity index (χ1n) is 25.8. The van der Waals surface area contributed by atoms with E-state index in [9.17, 15) is 37.1 Å². The van der Waals surface area contributed by atoms with Gasteiger partial charge in [-0.15, -0.1) is 0 Å². The highest BCUT2D eigenvalue weighted by atomic mass is 19.4. The average Bonchev–Trinajstić information content (AvgIpc) is 3.87. The molecule has 1 aromatic carbocycles.